The number of rotatable bonds is 4. The smallest absolute Gasteiger partial charge is 0.410 e. The lowest BCUT2D eigenvalue weighted by molar-refractivity contribution is -0.0206. The van der Waals surface area contributed by atoms with Gasteiger partial charge in [-0.2, -0.15) is 8.42 Å². The third-order valence-electron chi connectivity index (χ3n) is 4.17. The molecule has 0 bridgehead atoms. The van der Waals surface area contributed by atoms with E-state index < -0.39 is 27.9 Å². The molecule has 0 radical (unpaired) electrons. The van der Waals surface area contributed by atoms with Crippen molar-refractivity contribution in [3.63, 3.8) is 0 Å². The van der Waals surface area contributed by atoms with Gasteiger partial charge in [0, 0.05) is 12.5 Å². The summed E-state index contributed by atoms with van der Waals surface area (Å²) in [5, 5.41) is 10.3. The first-order chi connectivity index (χ1) is 12.0. The molecule has 26 heavy (non-hydrogen) atoms. The summed E-state index contributed by atoms with van der Waals surface area (Å²) in [6.45, 7) is 7.37. The number of ether oxygens (including phenoxy) is 1. The highest BCUT2D eigenvalue weighted by Crippen LogP contribution is 2.23. The molecule has 1 aliphatic rings. The van der Waals surface area contributed by atoms with Crippen LogP contribution in [0.25, 0.3) is 0 Å². The van der Waals surface area contributed by atoms with Crippen LogP contribution in [0, 0.1) is 12.8 Å². The Hall–Kier alpha value is -1.64. The highest BCUT2D eigenvalue weighted by molar-refractivity contribution is 7.86. The summed E-state index contributed by atoms with van der Waals surface area (Å²) < 4.78 is 35.1. The quantitative estimate of drug-likeness (QED) is 0.800. The predicted octanol–water partition coefficient (Wildman–Crippen LogP) is 2.32. The number of nitrogens with zero attached hydrogens (tertiary/aromatic N) is 1. The average Bonchev–Trinajstić information content (AvgIpc) is 2.52. The Labute approximate surface area is 155 Å². The summed E-state index contributed by atoms with van der Waals surface area (Å²) in [7, 11) is -3.88. The van der Waals surface area contributed by atoms with E-state index in [0.29, 0.717) is 18.5 Å². The molecule has 1 heterocycles. The predicted molar refractivity (Wildman–Crippen MR) is 96.2 cm³/mol. The van der Waals surface area contributed by atoms with Gasteiger partial charge in [0.1, 0.15) is 5.60 Å². The molecule has 1 N–H and O–H groups in total. The van der Waals surface area contributed by atoms with Gasteiger partial charge in [0.05, 0.1) is 24.2 Å². The molecule has 2 unspecified atom stereocenters. The lowest BCUT2D eigenvalue weighted by Crippen LogP contribution is -2.49. The molecule has 8 heteroatoms. The number of likely N-dealkylation sites (tertiary alicyclic amines) is 1. The van der Waals surface area contributed by atoms with Gasteiger partial charge in [-0.15, -0.1) is 0 Å². The summed E-state index contributed by atoms with van der Waals surface area (Å²) in [4.78, 5) is 13.6. The van der Waals surface area contributed by atoms with Crippen LogP contribution >= 0.6 is 0 Å². The van der Waals surface area contributed by atoms with Crippen molar-refractivity contribution < 1.29 is 27.2 Å². The van der Waals surface area contributed by atoms with Gasteiger partial charge in [-0.05, 0) is 45.7 Å². The molecule has 146 valence electrons. The first-order valence-corrected chi connectivity index (χ1v) is 10.0. The fourth-order valence-electron chi connectivity index (χ4n) is 2.74. The first kappa shape index (κ1) is 20.7. The van der Waals surface area contributed by atoms with Gasteiger partial charge in [0.2, 0.25) is 0 Å². The van der Waals surface area contributed by atoms with E-state index in [4.69, 9.17) is 8.92 Å². The standard InChI is InChI=1S/C18H27NO6S/c1-13-7-5-6-8-16(13)26(22,23)24-12-14-9-10-19(11-15(14)20)17(21)25-18(2,3)4/h5-8,14-15,20H,9-12H2,1-4H3. The fraction of sp³-hybridized carbons (Fsp3) is 0.611. The van der Waals surface area contributed by atoms with Crippen molar-refractivity contribution in [1.29, 1.82) is 0 Å². The van der Waals surface area contributed by atoms with E-state index in [1.54, 1.807) is 45.9 Å². The van der Waals surface area contributed by atoms with E-state index in [-0.39, 0.29) is 24.0 Å². The highest BCUT2D eigenvalue weighted by atomic mass is 32.2. The molecule has 1 aromatic rings. The van der Waals surface area contributed by atoms with Gasteiger partial charge in [-0.25, -0.2) is 4.79 Å². The van der Waals surface area contributed by atoms with Crippen LogP contribution in [-0.2, 0) is 19.0 Å². The molecule has 0 spiro atoms. The molecule has 2 rings (SSSR count). The molecule has 0 aliphatic carbocycles. The minimum absolute atomic E-state index is 0.0906. The van der Waals surface area contributed by atoms with Crippen LogP contribution in [0.2, 0.25) is 0 Å². The van der Waals surface area contributed by atoms with Crippen molar-refractivity contribution in [3.8, 4) is 0 Å². The number of hydrogen-bond acceptors (Lipinski definition) is 6. The van der Waals surface area contributed by atoms with Crippen LogP contribution in [0.1, 0.15) is 32.8 Å². The number of benzene rings is 1. The molecule has 1 fully saturated rings. The second-order valence-electron chi connectivity index (χ2n) is 7.55. The number of carbonyl (C=O) groups is 1. The van der Waals surface area contributed by atoms with Crippen LogP contribution in [0.4, 0.5) is 4.79 Å². The average molecular weight is 385 g/mol. The molecular formula is C18H27NO6S. The van der Waals surface area contributed by atoms with Crippen molar-refractivity contribution in [1.82, 2.24) is 4.90 Å². The Morgan fingerprint density at radius 1 is 1.31 bits per heavy atom. The summed E-state index contributed by atoms with van der Waals surface area (Å²) >= 11 is 0. The molecule has 2 atom stereocenters. The van der Waals surface area contributed by atoms with Crippen LogP contribution < -0.4 is 0 Å². The first-order valence-electron chi connectivity index (χ1n) is 8.60. The summed E-state index contributed by atoms with van der Waals surface area (Å²) in [5.74, 6) is -0.368. The molecule has 1 saturated heterocycles. The molecule has 1 aromatic carbocycles. The molecule has 7 nitrogen and oxygen atoms in total. The number of amides is 1. The lowest BCUT2D eigenvalue weighted by Gasteiger charge is -2.36. The number of hydrogen-bond donors (Lipinski definition) is 1. The number of aliphatic hydroxyl groups is 1. The topological polar surface area (TPSA) is 93.1 Å². The Balaban J connectivity index is 1.93. The number of carbonyl (C=O) groups excluding carboxylic acids is 1. The zero-order chi connectivity index (χ0) is 19.5. The van der Waals surface area contributed by atoms with Crippen LogP contribution in [-0.4, -0.2) is 55.9 Å². The Morgan fingerprint density at radius 3 is 2.54 bits per heavy atom. The molecule has 0 aromatic heterocycles. The fourth-order valence-corrected chi connectivity index (χ4v) is 3.93. The maximum Gasteiger partial charge on any atom is 0.410 e. The summed E-state index contributed by atoms with van der Waals surface area (Å²) in [5.41, 5.74) is -0.00308. The second-order valence-corrected chi connectivity index (χ2v) is 9.13. The van der Waals surface area contributed by atoms with Gasteiger partial charge in [0.25, 0.3) is 10.1 Å². The largest absolute Gasteiger partial charge is 0.444 e. The van der Waals surface area contributed by atoms with E-state index in [1.165, 1.54) is 11.0 Å². The van der Waals surface area contributed by atoms with Gasteiger partial charge in [-0.1, -0.05) is 18.2 Å². The van der Waals surface area contributed by atoms with E-state index >= 15 is 0 Å². The van der Waals surface area contributed by atoms with E-state index in [2.05, 4.69) is 0 Å². The minimum atomic E-state index is -3.88. The van der Waals surface area contributed by atoms with Crippen molar-refractivity contribution in [2.75, 3.05) is 19.7 Å². The van der Waals surface area contributed by atoms with E-state index in [1.807, 2.05) is 0 Å². The molecule has 1 aliphatic heterocycles. The number of aliphatic hydroxyl groups excluding tert-OH is 1. The Bertz CT molecular complexity index is 740. The maximum atomic E-state index is 12.3. The van der Waals surface area contributed by atoms with Crippen LogP contribution in [0.5, 0.6) is 0 Å². The highest BCUT2D eigenvalue weighted by Gasteiger charge is 2.33. The summed E-state index contributed by atoms with van der Waals surface area (Å²) in [6, 6.07) is 6.58. The van der Waals surface area contributed by atoms with Crippen LogP contribution in [0.3, 0.4) is 0 Å². The minimum Gasteiger partial charge on any atom is -0.444 e. The monoisotopic (exact) mass is 385 g/mol. The third kappa shape index (κ3) is 5.43. The van der Waals surface area contributed by atoms with Gasteiger partial charge < -0.3 is 14.7 Å². The van der Waals surface area contributed by atoms with Gasteiger partial charge in [0.15, 0.2) is 0 Å². The van der Waals surface area contributed by atoms with Crippen LogP contribution in [0.15, 0.2) is 29.2 Å². The lowest BCUT2D eigenvalue weighted by atomic mass is 9.95. The molecule has 1 amide bonds. The zero-order valence-electron chi connectivity index (χ0n) is 15.6. The Kier molecular flexibility index (Phi) is 6.31. The second kappa shape index (κ2) is 7.94. The van der Waals surface area contributed by atoms with Crippen molar-refractivity contribution in [2.45, 2.75) is 50.7 Å². The van der Waals surface area contributed by atoms with Gasteiger partial charge in [-0.3, -0.25) is 4.18 Å². The number of aryl methyl sites for hydroxylation is 1. The van der Waals surface area contributed by atoms with E-state index in [0.717, 1.165) is 0 Å². The summed E-state index contributed by atoms with van der Waals surface area (Å²) in [6.07, 6.45) is -0.921. The molecular weight excluding hydrogens is 358 g/mol. The number of β-amino-alcohol motifs (C(OH)–C–C–N with tert-alkyl or cyclic N) is 1. The normalized spacial score (nSPS) is 21.5. The maximum absolute atomic E-state index is 12.3. The third-order valence-corrected chi connectivity index (χ3v) is 5.62. The van der Waals surface area contributed by atoms with Gasteiger partial charge >= 0.3 is 6.09 Å². The SMILES string of the molecule is Cc1ccccc1S(=O)(=O)OCC1CCN(C(=O)OC(C)(C)C)CC1O. The van der Waals surface area contributed by atoms with E-state index in [9.17, 15) is 18.3 Å². The van der Waals surface area contributed by atoms with Crippen molar-refractivity contribution >= 4 is 16.2 Å². The Morgan fingerprint density at radius 2 is 1.96 bits per heavy atom. The molecule has 0 saturated carbocycles. The number of piperidine rings is 1. The zero-order valence-corrected chi connectivity index (χ0v) is 16.5. The van der Waals surface area contributed by atoms with Crippen molar-refractivity contribution in [2.24, 2.45) is 5.92 Å². The van der Waals surface area contributed by atoms with Crippen molar-refractivity contribution in [3.05, 3.63) is 29.8 Å².